The van der Waals surface area contributed by atoms with E-state index in [4.69, 9.17) is 0 Å². The molecule has 0 aliphatic carbocycles. The van der Waals surface area contributed by atoms with Gasteiger partial charge in [-0.2, -0.15) is 0 Å². The third kappa shape index (κ3) is 6.82. The highest BCUT2D eigenvalue weighted by Crippen LogP contribution is 2.08. The van der Waals surface area contributed by atoms with E-state index in [1.54, 1.807) is 0 Å². The Morgan fingerprint density at radius 3 is 2.55 bits per heavy atom. The van der Waals surface area contributed by atoms with E-state index in [0.717, 1.165) is 44.1 Å². The van der Waals surface area contributed by atoms with Crippen LogP contribution in [0.5, 0.6) is 0 Å². The van der Waals surface area contributed by atoms with Gasteiger partial charge in [-0.15, -0.1) is 0 Å². The van der Waals surface area contributed by atoms with Gasteiger partial charge in [0.15, 0.2) is 0 Å². The van der Waals surface area contributed by atoms with Crippen LogP contribution in [-0.2, 0) is 6.54 Å². The van der Waals surface area contributed by atoms with Gasteiger partial charge in [-0.1, -0.05) is 13.8 Å². The summed E-state index contributed by atoms with van der Waals surface area (Å²) < 4.78 is 0. The summed E-state index contributed by atoms with van der Waals surface area (Å²) in [4.78, 5) is 13.3. The molecule has 0 saturated heterocycles. The zero-order valence-electron chi connectivity index (χ0n) is 13.6. The molecule has 5 heteroatoms. The van der Waals surface area contributed by atoms with Gasteiger partial charge in [-0.3, -0.25) is 4.98 Å². The third-order valence-corrected chi connectivity index (χ3v) is 3.02. The maximum Gasteiger partial charge on any atom is 0.147 e. The molecule has 20 heavy (non-hydrogen) atoms. The number of aromatic nitrogens is 2. The second-order valence-corrected chi connectivity index (χ2v) is 5.97. The molecule has 5 nitrogen and oxygen atoms in total. The minimum Gasteiger partial charge on any atom is -0.358 e. The molecule has 1 aromatic rings. The van der Waals surface area contributed by atoms with Crippen LogP contribution in [0.25, 0.3) is 0 Å². The van der Waals surface area contributed by atoms with Crippen molar-refractivity contribution in [3.05, 3.63) is 18.1 Å². The number of nitrogens with one attached hydrogen (secondary N) is 1. The molecule has 0 amide bonds. The Kier molecular flexibility index (Phi) is 7.47. The zero-order chi connectivity index (χ0) is 15.0. The number of anilines is 1. The van der Waals surface area contributed by atoms with Crippen LogP contribution in [0, 0.1) is 5.92 Å². The molecular formula is C15H29N5. The van der Waals surface area contributed by atoms with Crippen LogP contribution >= 0.6 is 0 Å². The first-order valence-electron chi connectivity index (χ1n) is 7.36. The molecule has 0 atom stereocenters. The summed E-state index contributed by atoms with van der Waals surface area (Å²) in [5.41, 5.74) is 1.00. The fourth-order valence-corrected chi connectivity index (χ4v) is 1.89. The summed E-state index contributed by atoms with van der Waals surface area (Å²) in [6.45, 7) is 8.28. The van der Waals surface area contributed by atoms with Gasteiger partial charge < -0.3 is 15.1 Å². The summed E-state index contributed by atoms with van der Waals surface area (Å²) in [6.07, 6.45) is 4.80. The van der Waals surface area contributed by atoms with Gasteiger partial charge in [0.25, 0.3) is 0 Å². The quantitative estimate of drug-likeness (QED) is 0.744. The highest BCUT2D eigenvalue weighted by Gasteiger charge is 2.05. The van der Waals surface area contributed by atoms with Crippen LogP contribution in [0.3, 0.4) is 0 Å². The van der Waals surface area contributed by atoms with Crippen molar-refractivity contribution in [2.45, 2.75) is 26.8 Å². The molecule has 0 aliphatic rings. The maximum absolute atomic E-state index is 4.65. The van der Waals surface area contributed by atoms with Crippen molar-refractivity contribution < 1.29 is 0 Å². The molecule has 0 bridgehead atoms. The smallest absolute Gasteiger partial charge is 0.147 e. The van der Waals surface area contributed by atoms with Crippen LogP contribution in [0.2, 0.25) is 0 Å². The van der Waals surface area contributed by atoms with Gasteiger partial charge in [0.05, 0.1) is 11.9 Å². The molecule has 0 radical (unpaired) electrons. The van der Waals surface area contributed by atoms with E-state index in [2.05, 4.69) is 60.1 Å². The molecule has 0 aliphatic heterocycles. The SMILES string of the molecule is CC(C)CNCc1cncc(N(C)CCCN(C)C)n1. The standard InChI is InChI=1S/C15H29N5/c1-13(2)9-16-10-14-11-17-12-15(18-14)20(5)8-6-7-19(3)4/h11-13,16H,6-10H2,1-5H3. The third-order valence-electron chi connectivity index (χ3n) is 3.02. The van der Waals surface area contributed by atoms with E-state index >= 15 is 0 Å². The van der Waals surface area contributed by atoms with Crippen LogP contribution < -0.4 is 10.2 Å². The van der Waals surface area contributed by atoms with Gasteiger partial charge in [0.2, 0.25) is 0 Å². The zero-order valence-corrected chi connectivity index (χ0v) is 13.6. The Hall–Kier alpha value is -1.20. The molecule has 0 aromatic carbocycles. The molecule has 1 aromatic heterocycles. The van der Waals surface area contributed by atoms with Crippen molar-refractivity contribution in [2.24, 2.45) is 5.92 Å². The molecule has 1 heterocycles. The molecule has 1 N–H and O–H groups in total. The fraction of sp³-hybridized carbons (Fsp3) is 0.733. The van der Waals surface area contributed by atoms with Crippen molar-refractivity contribution in [1.82, 2.24) is 20.2 Å². The molecule has 1 rings (SSSR count). The fourth-order valence-electron chi connectivity index (χ4n) is 1.89. The Morgan fingerprint density at radius 2 is 1.90 bits per heavy atom. The average Bonchev–Trinajstić information content (AvgIpc) is 2.38. The first-order valence-corrected chi connectivity index (χ1v) is 7.36. The maximum atomic E-state index is 4.65. The van der Waals surface area contributed by atoms with Crippen molar-refractivity contribution >= 4 is 5.82 Å². The van der Waals surface area contributed by atoms with Crippen LogP contribution in [0.4, 0.5) is 5.82 Å². The number of hydrogen-bond acceptors (Lipinski definition) is 5. The topological polar surface area (TPSA) is 44.3 Å². The van der Waals surface area contributed by atoms with Crippen LogP contribution in [0.1, 0.15) is 26.0 Å². The van der Waals surface area contributed by atoms with E-state index in [1.165, 1.54) is 0 Å². The van der Waals surface area contributed by atoms with Crippen LogP contribution in [-0.4, -0.2) is 55.6 Å². The lowest BCUT2D eigenvalue weighted by Crippen LogP contribution is -2.25. The Labute approximate surface area is 123 Å². The van der Waals surface area contributed by atoms with Crippen molar-refractivity contribution in [2.75, 3.05) is 45.7 Å². The van der Waals surface area contributed by atoms with E-state index in [9.17, 15) is 0 Å². The number of nitrogens with zero attached hydrogens (tertiary/aromatic N) is 4. The molecule has 0 saturated carbocycles. The Balaban J connectivity index is 2.45. The predicted octanol–water partition coefficient (Wildman–Crippen LogP) is 1.61. The lowest BCUT2D eigenvalue weighted by Gasteiger charge is -2.19. The first-order chi connectivity index (χ1) is 9.49. The van der Waals surface area contributed by atoms with Gasteiger partial charge in [-0.25, -0.2) is 4.98 Å². The van der Waals surface area contributed by atoms with Gasteiger partial charge in [0, 0.05) is 26.3 Å². The summed E-state index contributed by atoms with van der Waals surface area (Å²) in [5.74, 6) is 1.60. The monoisotopic (exact) mass is 279 g/mol. The lowest BCUT2D eigenvalue weighted by atomic mass is 10.2. The van der Waals surface area contributed by atoms with Crippen LogP contribution in [0.15, 0.2) is 12.4 Å². The average molecular weight is 279 g/mol. The van der Waals surface area contributed by atoms with Crippen molar-refractivity contribution in [1.29, 1.82) is 0 Å². The summed E-state index contributed by atoms with van der Waals surface area (Å²) in [5, 5.41) is 3.40. The summed E-state index contributed by atoms with van der Waals surface area (Å²) >= 11 is 0. The number of hydrogen-bond donors (Lipinski definition) is 1. The normalized spacial score (nSPS) is 11.3. The first kappa shape index (κ1) is 16.9. The molecule has 0 unspecified atom stereocenters. The lowest BCUT2D eigenvalue weighted by molar-refractivity contribution is 0.401. The minimum absolute atomic E-state index is 0.653. The van der Waals surface area contributed by atoms with Crippen molar-refractivity contribution in [3.63, 3.8) is 0 Å². The van der Waals surface area contributed by atoms with Crippen molar-refractivity contribution in [3.8, 4) is 0 Å². The van der Waals surface area contributed by atoms with Gasteiger partial charge in [-0.05, 0) is 39.5 Å². The molecule has 0 fully saturated rings. The van der Waals surface area contributed by atoms with Gasteiger partial charge in [0.1, 0.15) is 5.82 Å². The second-order valence-electron chi connectivity index (χ2n) is 5.97. The predicted molar refractivity (Wildman–Crippen MR) is 85.0 cm³/mol. The summed E-state index contributed by atoms with van der Waals surface area (Å²) in [6, 6.07) is 0. The molecule has 114 valence electrons. The van der Waals surface area contributed by atoms with E-state index in [1.807, 2.05) is 12.4 Å². The largest absolute Gasteiger partial charge is 0.358 e. The Bertz CT molecular complexity index is 378. The number of rotatable bonds is 9. The highest BCUT2D eigenvalue weighted by atomic mass is 15.2. The summed E-state index contributed by atoms with van der Waals surface area (Å²) in [7, 11) is 6.27. The Morgan fingerprint density at radius 1 is 1.15 bits per heavy atom. The molecule has 0 spiro atoms. The van der Waals surface area contributed by atoms with Gasteiger partial charge >= 0.3 is 0 Å². The minimum atomic E-state index is 0.653. The molecular weight excluding hydrogens is 250 g/mol. The van der Waals surface area contributed by atoms with E-state index in [0.29, 0.717) is 5.92 Å². The van der Waals surface area contributed by atoms with E-state index in [-0.39, 0.29) is 0 Å². The highest BCUT2D eigenvalue weighted by molar-refractivity contribution is 5.34. The van der Waals surface area contributed by atoms with E-state index < -0.39 is 0 Å². The second kappa shape index (κ2) is 8.87.